The largest absolute Gasteiger partial charge is 0.350 e. The second-order valence-corrected chi connectivity index (χ2v) is 7.28. The number of non-ortho nitro benzene ring substituents is 1. The first-order chi connectivity index (χ1) is 14.9. The van der Waals surface area contributed by atoms with Gasteiger partial charge in [0.2, 0.25) is 0 Å². The Morgan fingerprint density at radius 2 is 1.55 bits per heavy atom. The zero-order valence-corrected chi connectivity index (χ0v) is 17.0. The first-order valence-electron chi connectivity index (χ1n) is 9.64. The van der Waals surface area contributed by atoms with Crippen LogP contribution in [0.3, 0.4) is 0 Å². The quantitative estimate of drug-likeness (QED) is 0.375. The Morgan fingerprint density at radius 1 is 0.871 bits per heavy atom. The molecule has 1 aliphatic heterocycles. The number of amides is 2. The molecule has 0 unspecified atom stereocenters. The van der Waals surface area contributed by atoms with E-state index in [0.717, 1.165) is 16.0 Å². The summed E-state index contributed by atoms with van der Waals surface area (Å²) in [4.78, 5) is 38.3. The van der Waals surface area contributed by atoms with Gasteiger partial charge in [-0.25, -0.2) is 4.90 Å². The number of imide groups is 1. The zero-order chi connectivity index (χ0) is 22.1. The standard InChI is InChI=1S/C24H19N3O4/c1-15-8-9-16(2)20(14-15)25-22-21(17-10-12-19(13-11-17)27(30)31)23(28)26(24(22)29)18-6-4-3-5-7-18/h3-14,25H,1-2H3. The molecule has 4 rings (SSSR count). The van der Waals surface area contributed by atoms with Crippen LogP contribution >= 0.6 is 0 Å². The number of rotatable bonds is 5. The summed E-state index contributed by atoms with van der Waals surface area (Å²) >= 11 is 0. The van der Waals surface area contributed by atoms with Gasteiger partial charge in [-0.05, 0) is 60.9 Å². The van der Waals surface area contributed by atoms with Crippen LogP contribution < -0.4 is 10.2 Å². The Balaban J connectivity index is 1.84. The highest BCUT2D eigenvalue weighted by molar-refractivity contribution is 6.46. The van der Waals surface area contributed by atoms with E-state index in [1.54, 1.807) is 30.3 Å². The van der Waals surface area contributed by atoms with E-state index < -0.39 is 16.7 Å². The van der Waals surface area contributed by atoms with E-state index in [0.29, 0.717) is 16.9 Å². The van der Waals surface area contributed by atoms with E-state index in [4.69, 9.17) is 0 Å². The molecule has 0 bridgehead atoms. The summed E-state index contributed by atoms with van der Waals surface area (Å²) in [5, 5.41) is 14.2. The molecule has 3 aromatic rings. The molecule has 0 spiro atoms. The Morgan fingerprint density at radius 3 is 2.19 bits per heavy atom. The molecule has 0 saturated carbocycles. The van der Waals surface area contributed by atoms with Crippen LogP contribution in [0, 0.1) is 24.0 Å². The second kappa shape index (κ2) is 7.87. The highest BCUT2D eigenvalue weighted by atomic mass is 16.6. The summed E-state index contributed by atoms with van der Waals surface area (Å²) in [5.74, 6) is -0.969. The molecular weight excluding hydrogens is 394 g/mol. The van der Waals surface area contributed by atoms with Gasteiger partial charge in [0.15, 0.2) is 0 Å². The van der Waals surface area contributed by atoms with Crippen LogP contribution in [0.25, 0.3) is 5.57 Å². The lowest BCUT2D eigenvalue weighted by Gasteiger charge is -2.15. The predicted octanol–water partition coefficient (Wildman–Crippen LogP) is 4.61. The van der Waals surface area contributed by atoms with Crippen LogP contribution in [0.2, 0.25) is 0 Å². The summed E-state index contributed by atoms with van der Waals surface area (Å²) in [6, 6.07) is 20.1. The maximum atomic E-state index is 13.4. The molecule has 0 aliphatic carbocycles. The van der Waals surface area contributed by atoms with E-state index in [2.05, 4.69) is 5.32 Å². The number of aryl methyl sites for hydroxylation is 2. The molecule has 1 aliphatic rings. The lowest BCUT2D eigenvalue weighted by Crippen LogP contribution is -2.32. The van der Waals surface area contributed by atoms with Crippen LogP contribution in [0.15, 0.2) is 78.5 Å². The van der Waals surface area contributed by atoms with Gasteiger partial charge >= 0.3 is 0 Å². The number of anilines is 2. The summed E-state index contributed by atoms with van der Waals surface area (Å²) in [5.41, 5.74) is 3.73. The zero-order valence-electron chi connectivity index (χ0n) is 17.0. The molecule has 0 radical (unpaired) electrons. The number of carbonyl (C=O) groups excluding carboxylic acids is 2. The molecule has 2 amide bonds. The van der Waals surface area contributed by atoms with E-state index in [9.17, 15) is 19.7 Å². The van der Waals surface area contributed by atoms with Crippen molar-refractivity contribution < 1.29 is 14.5 Å². The number of para-hydroxylation sites is 1. The van der Waals surface area contributed by atoms with Gasteiger partial charge < -0.3 is 5.32 Å². The van der Waals surface area contributed by atoms with Gasteiger partial charge in [0.05, 0.1) is 16.2 Å². The molecule has 0 atom stereocenters. The van der Waals surface area contributed by atoms with Crippen molar-refractivity contribution >= 4 is 34.4 Å². The molecular formula is C24H19N3O4. The Hall–Kier alpha value is -4.26. The third-order valence-corrected chi connectivity index (χ3v) is 5.12. The molecule has 0 saturated heterocycles. The number of nitrogens with one attached hydrogen (secondary N) is 1. The number of nitro benzene ring substituents is 1. The fourth-order valence-electron chi connectivity index (χ4n) is 3.48. The van der Waals surface area contributed by atoms with E-state index in [1.807, 2.05) is 32.0 Å². The van der Waals surface area contributed by atoms with Crippen LogP contribution in [0.5, 0.6) is 0 Å². The summed E-state index contributed by atoms with van der Waals surface area (Å²) < 4.78 is 0. The fraction of sp³-hybridized carbons (Fsp3) is 0.0833. The normalized spacial score (nSPS) is 13.7. The van der Waals surface area contributed by atoms with Crippen molar-refractivity contribution in [2.45, 2.75) is 13.8 Å². The highest BCUT2D eigenvalue weighted by Crippen LogP contribution is 2.34. The lowest BCUT2D eigenvalue weighted by molar-refractivity contribution is -0.384. The van der Waals surface area contributed by atoms with Crippen molar-refractivity contribution in [1.82, 2.24) is 0 Å². The number of hydrogen-bond acceptors (Lipinski definition) is 5. The van der Waals surface area contributed by atoms with Crippen LogP contribution in [-0.2, 0) is 9.59 Å². The number of carbonyl (C=O) groups is 2. The summed E-state index contributed by atoms with van der Waals surface area (Å²) in [7, 11) is 0. The van der Waals surface area contributed by atoms with Crippen molar-refractivity contribution in [1.29, 1.82) is 0 Å². The van der Waals surface area contributed by atoms with Crippen LogP contribution in [0.1, 0.15) is 16.7 Å². The second-order valence-electron chi connectivity index (χ2n) is 7.28. The molecule has 1 heterocycles. The maximum absolute atomic E-state index is 13.4. The Bertz CT molecular complexity index is 1230. The first kappa shape index (κ1) is 20.0. The lowest BCUT2D eigenvalue weighted by atomic mass is 10.0. The minimum absolute atomic E-state index is 0.0925. The number of nitrogens with zero attached hydrogens (tertiary/aromatic N) is 2. The molecule has 7 heteroatoms. The van der Waals surface area contributed by atoms with Crippen molar-refractivity contribution in [2.24, 2.45) is 0 Å². The maximum Gasteiger partial charge on any atom is 0.282 e. The van der Waals surface area contributed by atoms with Gasteiger partial charge in [-0.1, -0.05) is 30.3 Å². The average Bonchev–Trinajstić information content (AvgIpc) is 3.01. The van der Waals surface area contributed by atoms with Crippen molar-refractivity contribution in [2.75, 3.05) is 10.2 Å². The summed E-state index contributed by atoms with van der Waals surface area (Å²) in [6.45, 7) is 3.85. The SMILES string of the molecule is Cc1ccc(C)c(NC2=C(c3ccc([N+](=O)[O-])cc3)C(=O)N(c3ccccc3)C2=O)c1. The molecule has 1 N–H and O–H groups in total. The highest BCUT2D eigenvalue weighted by Gasteiger charge is 2.40. The van der Waals surface area contributed by atoms with E-state index >= 15 is 0 Å². The van der Waals surface area contributed by atoms with Gasteiger partial charge in [-0.15, -0.1) is 0 Å². The topological polar surface area (TPSA) is 92.6 Å². The van der Waals surface area contributed by atoms with E-state index in [1.165, 1.54) is 24.3 Å². The molecule has 31 heavy (non-hydrogen) atoms. The van der Waals surface area contributed by atoms with Gasteiger partial charge in [0.1, 0.15) is 5.70 Å². The molecule has 154 valence electrons. The smallest absolute Gasteiger partial charge is 0.282 e. The average molecular weight is 413 g/mol. The fourth-order valence-corrected chi connectivity index (χ4v) is 3.48. The van der Waals surface area contributed by atoms with Crippen molar-refractivity contribution in [3.05, 3.63) is 105 Å². The van der Waals surface area contributed by atoms with Crippen molar-refractivity contribution in [3.63, 3.8) is 0 Å². The van der Waals surface area contributed by atoms with Crippen LogP contribution in [0.4, 0.5) is 17.1 Å². The summed E-state index contributed by atoms with van der Waals surface area (Å²) in [6.07, 6.45) is 0. The number of hydrogen-bond donors (Lipinski definition) is 1. The van der Waals surface area contributed by atoms with E-state index in [-0.39, 0.29) is 17.0 Å². The third-order valence-electron chi connectivity index (χ3n) is 5.12. The number of benzene rings is 3. The van der Waals surface area contributed by atoms with Gasteiger partial charge in [-0.2, -0.15) is 0 Å². The Labute approximate surface area is 178 Å². The molecule has 0 fully saturated rings. The molecule has 3 aromatic carbocycles. The minimum Gasteiger partial charge on any atom is -0.350 e. The predicted molar refractivity (Wildman–Crippen MR) is 118 cm³/mol. The van der Waals surface area contributed by atoms with Crippen LogP contribution in [-0.4, -0.2) is 16.7 Å². The van der Waals surface area contributed by atoms with Gasteiger partial charge in [0, 0.05) is 17.8 Å². The third kappa shape index (κ3) is 3.69. The Kier molecular flexibility index (Phi) is 5.09. The molecule has 0 aromatic heterocycles. The molecule has 7 nitrogen and oxygen atoms in total. The monoisotopic (exact) mass is 413 g/mol. The van der Waals surface area contributed by atoms with Gasteiger partial charge in [0.25, 0.3) is 17.5 Å². The minimum atomic E-state index is -0.509. The number of nitro groups is 1. The van der Waals surface area contributed by atoms with Gasteiger partial charge in [-0.3, -0.25) is 19.7 Å². The first-order valence-corrected chi connectivity index (χ1v) is 9.64. The van der Waals surface area contributed by atoms with Crippen molar-refractivity contribution in [3.8, 4) is 0 Å².